The molecule has 0 atom stereocenters. The van der Waals surface area contributed by atoms with E-state index in [9.17, 15) is 13.2 Å². The number of benzene rings is 2. The highest BCUT2D eigenvalue weighted by Gasteiger charge is 2.17. The van der Waals surface area contributed by atoms with Crippen LogP contribution in [0, 0.1) is 0 Å². The Morgan fingerprint density at radius 2 is 1.47 bits per heavy atom. The topological polar surface area (TPSA) is 77.2 Å². The third kappa shape index (κ3) is 2.72. The molecule has 98 valence electrons. The molecule has 2 aromatic carbocycles. The summed E-state index contributed by atoms with van der Waals surface area (Å²) in [6.07, 6.45) is 0. The van der Waals surface area contributed by atoms with Crippen molar-refractivity contribution in [3.8, 4) is 11.1 Å². The zero-order valence-corrected chi connectivity index (χ0v) is 11.1. The highest BCUT2D eigenvalue weighted by molar-refractivity contribution is 7.89. The smallest absolute Gasteiger partial charge is 0.238 e. The average molecular weight is 275 g/mol. The minimum absolute atomic E-state index is 0.0173. The fourth-order valence-corrected chi connectivity index (χ4v) is 2.72. The Morgan fingerprint density at radius 3 is 2.05 bits per heavy atom. The molecule has 2 N–H and O–H groups in total. The van der Waals surface area contributed by atoms with E-state index in [0.29, 0.717) is 16.7 Å². The van der Waals surface area contributed by atoms with Crippen molar-refractivity contribution in [1.29, 1.82) is 0 Å². The van der Waals surface area contributed by atoms with Crippen LogP contribution in [-0.4, -0.2) is 14.2 Å². The molecule has 0 saturated carbocycles. The van der Waals surface area contributed by atoms with Gasteiger partial charge in [0.05, 0.1) is 4.90 Å². The Labute approximate surface area is 111 Å². The lowest BCUT2D eigenvalue weighted by Crippen LogP contribution is -2.13. The lowest BCUT2D eigenvalue weighted by molar-refractivity contribution is 0.101. The number of primary sulfonamides is 1. The SMILES string of the molecule is CC(=O)c1ccccc1-c1ccccc1S(N)(=O)=O. The minimum Gasteiger partial charge on any atom is -0.294 e. The summed E-state index contributed by atoms with van der Waals surface area (Å²) in [5.41, 5.74) is 1.48. The molecule has 0 spiro atoms. The summed E-state index contributed by atoms with van der Waals surface area (Å²) >= 11 is 0. The van der Waals surface area contributed by atoms with Crippen LogP contribution in [0.4, 0.5) is 0 Å². The summed E-state index contributed by atoms with van der Waals surface area (Å²) in [5.74, 6) is -0.125. The number of nitrogens with two attached hydrogens (primary N) is 1. The van der Waals surface area contributed by atoms with Crippen LogP contribution in [0.25, 0.3) is 11.1 Å². The Hall–Kier alpha value is -1.98. The third-order valence-electron chi connectivity index (χ3n) is 2.79. The van der Waals surface area contributed by atoms with E-state index in [2.05, 4.69) is 0 Å². The highest BCUT2D eigenvalue weighted by Crippen LogP contribution is 2.29. The number of sulfonamides is 1. The quantitative estimate of drug-likeness (QED) is 0.872. The van der Waals surface area contributed by atoms with Gasteiger partial charge >= 0.3 is 0 Å². The molecule has 0 aliphatic rings. The number of hydrogen-bond acceptors (Lipinski definition) is 3. The number of hydrogen-bond donors (Lipinski definition) is 1. The number of Topliss-reactive ketones (excluding diaryl/α,β-unsaturated/α-hetero) is 1. The van der Waals surface area contributed by atoms with Crippen LogP contribution < -0.4 is 5.14 Å². The molecule has 0 radical (unpaired) electrons. The van der Waals surface area contributed by atoms with Gasteiger partial charge in [-0.3, -0.25) is 4.79 Å². The van der Waals surface area contributed by atoms with Crippen molar-refractivity contribution in [1.82, 2.24) is 0 Å². The van der Waals surface area contributed by atoms with Gasteiger partial charge in [0.2, 0.25) is 10.0 Å². The molecular weight excluding hydrogens is 262 g/mol. The van der Waals surface area contributed by atoms with Crippen LogP contribution in [0.15, 0.2) is 53.4 Å². The van der Waals surface area contributed by atoms with Crippen molar-refractivity contribution in [2.45, 2.75) is 11.8 Å². The van der Waals surface area contributed by atoms with Gasteiger partial charge in [-0.05, 0) is 18.6 Å². The number of carbonyl (C=O) groups is 1. The predicted molar refractivity (Wildman–Crippen MR) is 73.3 cm³/mol. The standard InChI is InChI=1S/C14H13NO3S/c1-10(16)11-6-2-3-7-12(11)13-8-4-5-9-14(13)19(15,17)18/h2-9H,1H3,(H2,15,17,18). The Morgan fingerprint density at radius 1 is 0.947 bits per heavy atom. The normalized spacial score (nSPS) is 11.3. The van der Waals surface area contributed by atoms with Gasteiger partial charge in [0.1, 0.15) is 0 Å². The summed E-state index contributed by atoms with van der Waals surface area (Å²) in [6.45, 7) is 1.44. The molecule has 0 unspecified atom stereocenters. The summed E-state index contributed by atoms with van der Waals surface area (Å²) in [6, 6.07) is 13.2. The zero-order chi connectivity index (χ0) is 14.0. The van der Waals surface area contributed by atoms with E-state index in [-0.39, 0.29) is 10.7 Å². The van der Waals surface area contributed by atoms with Crippen molar-refractivity contribution in [3.63, 3.8) is 0 Å². The molecule has 5 heteroatoms. The molecule has 0 bridgehead atoms. The third-order valence-corrected chi connectivity index (χ3v) is 3.76. The maximum atomic E-state index is 11.6. The van der Waals surface area contributed by atoms with Gasteiger partial charge in [-0.2, -0.15) is 0 Å². The lowest BCUT2D eigenvalue weighted by Gasteiger charge is -2.10. The van der Waals surface area contributed by atoms with Gasteiger partial charge < -0.3 is 0 Å². The second-order valence-electron chi connectivity index (χ2n) is 4.14. The molecule has 0 aliphatic heterocycles. The number of carbonyl (C=O) groups excluding carboxylic acids is 1. The van der Waals surface area contributed by atoms with Crippen molar-refractivity contribution >= 4 is 15.8 Å². The molecule has 19 heavy (non-hydrogen) atoms. The molecule has 0 saturated heterocycles. The van der Waals surface area contributed by atoms with Crippen LogP contribution in [0.3, 0.4) is 0 Å². The molecule has 2 rings (SSSR count). The van der Waals surface area contributed by atoms with Gasteiger partial charge in [-0.25, -0.2) is 13.6 Å². The summed E-state index contributed by atoms with van der Waals surface area (Å²) in [4.78, 5) is 11.6. The van der Waals surface area contributed by atoms with Crippen LogP contribution in [0.2, 0.25) is 0 Å². The second kappa shape index (κ2) is 4.95. The van der Waals surface area contributed by atoms with E-state index in [1.807, 2.05) is 0 Å². The maximum absolute atomic E-state index is 11.6. The van der Waals surface area contributed by atoms with E-state index >= 15 is 0 Å². The Kier molecular flexibility index (Phi) is 3.50. The lowest BCUT2D eigenvalue weighted by atomic mass is 9.97. The monoisotopic (exact) mass is 275 g/mol. The first-order chi connectivity index (χ1) is 8.91. The van der Waals surface area contributed by atoms with Crippen LogP contribution in [-0.2, 0) is 10.0 Å². The van der Waals surface area contributed by atoms with Gasteiger partial charge in [0.25, 0.3) is 0 Å². The van der Waals surface area contributed by atoms with Crippen LogP contribution >= 0.6 is 0 Å². The van der Waals surface area contributed by atoms with E-state index in [0.717, 1.165) is 0 Å². The van der Waals surface area contributed by atoms with Crippen molar-refractivity contribution in [2.75, 3.05) is 0 Å². The van der Waals surface area contributed by atoms with Crippen molar-refractivity contribution in [2.24, 2.45) is 5.14 Å². The molecule has 0 fully saturated rings. The molecular formula is C14H13NO3S. The molecule has 2 aromatic rings. The Bertz CT molecular complexity index is 736. The second-order valence-corrected chi connectivity index (χ2v) is 5.67. The molecule has 4 nitrogen and oxygen atoms in total. The number of ketones is 1. The molecule has 0 aromatic heterocycles. The molecule has 0 aliphatic carbocycles. The molecule has 0 amide bonds. The molecule has 0 heterocycles. The van der Waals surface area contributed by atoms with Gasteiger partial charge in [0.15, 0.2) is 5.78 Å². The van der Waals surface area contributed by atoms with E-state index < -0.39 is 10.0 Å². The van der Waals surface area contributed by atoms with Crippen molar-refractivity contribution < 1.29 is 13.2 Å². The zero-order valence-electron chi connectivity index (χ0n) is 10.3. The van der Waals surface area contributed by atoms with Crippen molar-refractivity contribution in [3.05, 3.63) is 54.1 Å². The van der Waals surface area contributed by atoms with Gasteiger partial charge in [-0.1, -0.05) is 42.5 Å². The summed E-state index contributed by atoms with van der Waals surface area (Å²) < 4.78 is 23.2. The van der Waals surface area contributed by atoms with E-state index in [4.69, 9.17) is 5.14 Å². The fourth-order valence-electron chi connectivity index (χ4n) is 1.96. The average Bonchev–Trinajstić information content (AvgIpc) is 2.37. The first kappa shape index (κ1) is 13.5. The predicted octanol–water partition coefficient (Wildman–Crippen LogP) is 2.20. The number of rotatable bonds is 3. The van der Waals surface area contributed by atoms with Gasteiger partial charge in [0, 0.05) is 11.1 Å². The van der Waals surface area contributed by atoms with E-state index in [1.54, 1.807) is 42.5 Å². The van der Waals surface area contributed by atoms with Crippen LogP contribution in [0.5, 0.6) is 0 Å². The largest absolute Gasteiger partial charge is 0.294 e. The van der Waals surface area contributed by atoms with E-state index in [1.165, 1.54) is 13.0 Å². The highest BCUT2D eigenvalue weighted by atomic mass is 32.2. The summed E-state index contributed by atoms with van der Waals surface area (Å²) in [5, 5.41) is 5.21. The van der Waals surface area contributed by atoms with Gasteiger partial charge in [-0.15, -0.1) is 0 Å². The minimum atomic E-state index is -3.84. The summed E-state index contributed by atoms with van der Waals surface area (Å²) in [7, 11) is -3.84. The first-order valence-corrected chi connectivity index (χ1v) is 7.18. The fraction of sp³-hybridized carbons (Fsp3) is 0.0714. The first-order valence-electron chi connectivity index (χ1n) is 5.63. The van der Waals surface area contributed by atoms with Crippen LogP contribution in [0.1, 0.15) is 17.3 Å². The maximum Gasteiger partial charge on any atom is 0.238 e. The Balaban J connectivity index is 2.78.